The quantitative estimate of drug-likeness (QED) is 0.903. The van der Waals surface area contributed by atoms with Crippen molar-refractivity contribution in [3.05, 3.63) is 42.4 Å². The fourth-order valence-corrected chi connectivity index (χ4v) is 3.35. The molecule has 2 fully saturated rings. The summed E-state index contributed by atoms with van der Waals surface area (Å²) < 4.78 is 5.66. The lowest BCUT2D eigenvalue weighted by atomic mass is 9.95. The summed E-state index contributed by atoms with van der Waals surface area (Å²) in [4.78, 5) is 16.3. The Balaban J connectivity index is 1.47. The number of pyridine rings is 1. The Morgan fingerprint density at radius 1 is 1.24 bits per heavy atom. The van der Waals surface area contributed by atoms with Gasteiger partial charge >= 0.3 is 0 Å². The second-order valence-electron chi connectivity index (χ2n) is 5.76. The van der Waals surface area contributed by atoms with E-state index in [1.54, 1.807) is 18.5 Å². The lowest BCUT2D eigenvalue weighted by Gasteiger charge is -2.20. The smallest absolute Gasteiger partial charge is 0.287 e. The Morgan fingerprint density at radius 3 is 2.81 bits per heavy atom. The number of hydrogen-bond acceptors (Lipinski definition) is 4. The summed E-state index contributed by atoms with van der Waals surface area (Å²) in [5.74, 6) is 0.924. The van der Waals surface area contributed by atoms with E-state index in [0.29, 0.717) is 23.6 Å². The highest BCUT2D eigenvalue weighted by Crippen LogP contribution is 2.28. The van der Waals surface area contributed by atoms with Crippen LogP contribution in [0, 0.1) is 0 Å². The third kappa shape index (κ3) is 2.34. The van der Waals surface area contributed by atoms with Crippen LogP contribution in [-0.2, 0) is 0 Å². The molecular weight excluding hydrogens is 266 g/mol. The van der Waals surface area contributed by atoms with Crippen LogP contribution in [0.2, 0.25) is 0 Å². The first-order valence-electron chi connectivity index (χ1n) is 7.37. The number of nitrogens with one attached hydrogen (secondary N) is 2. The van der Waals surface area contributed by atoms with Crippen LogP contribution in [0.4, 0.5) is 0 Å². The Labute approximate surface area is 122 Å². The van der Waals surface area contributed by atoms with Gasteiger partial charge in [-0.05, 0) is 43.5 Å². The van der Waals surface area contributed by atoms with Gasteiger partial charge in [0.25, 0.3) is 5.91 Å². The molecule has 0 aliphatic carbocycles. The monoisotopic (exact) mass is 283 g/mol. The third-order valence-electron chi connectivity index (χ3n) is 4.41. The number of carbonyl (C=O) groups excluding carboxylic acids is 1. The molecule has 0 aromatic carbocycles. The molecule has 2 aromatic heterocycles. The minimum Gasteiger partial charge on any atom is -0.451 e. The van der Waals surface area contributed by atoms with E-state index in [1.165, 1.54) is 6.42 Å². The molecule has 2 saturated heterocycles. The molecule has 0 radical (unpaired) electrons. The van der Waals surface area contributed by atoms with Crippen LogP contribution in [0.25, 0.3) is 11.3 Å². The summed E-state index contributed by atoms with van der Waals surface area (Å²) in [6, 6.07) is 8.50. The second-order valence-corrected chi connectivity index (χ2v) is 5.76. The van der Waals surface area contributed by atoms with Gasteiger partial charge in [0, 0.05) is 36.1 Å². The molecule has 108 valence electrons. The number of nitrogens with zero attached hydrogens (tertiary/aromatic N) is 1. The molecule has 1 amide bonds. The van der Waals surface area contributed by atoms with Gasteiger partial charge in [0.1, 0.15) is 5.76 Å². The van der Waals surface area contributed by atoms with E-state index in [1.807, 2.05) is 18.2 Å². The van der Waals surface area contributed by atoms with Gasteiger partial charge in [0.2, 0.25) is 0 Å². The molecular formula is C16H17N3O2. The number of carbonyl (C=O) groups is 1. The van der Waals surface area contributed by atoms with Gasteiger partial charge in [-0.25, -0.2) is 0 Å². The maximum absolute atomic E-state index is 12.3. The first-order chi connectivity index (χ1) is 10.3. The molecule has 3 unspecified atom stereocenters. The zero-order valence-corrected chi connectivity index (χ0v) is 11.6. The van der Waals surface area contributed by atoms with E-state index in [4.69, 9.17) is 4.42 Å². The van der Waals surface area contributed by atoms with Crippen molar-refractivity contribution in [2.45, 2.75) is 37.4 Å². The number of fused-ring (bicyclic) bond motifs is 2. The molecule has 21 heavy (non-hydrogen) atoms. The van der Waals surface area contributed by atoms with Gasteiger partial charge in [-0.15, -0.1) is 0 Å². The summed E-state index contributed by atoms with van der Waals surface area (Å²) in [5.41, 5.74) is 0.922. The maximum Gasteiger partial charge on any atom is 0.287 e. The van der Waals surface area contributed by atoms with Crippen LogP contribution in [0.15, 0.2) is 41.1 Å². The lowest BCUT2D eigenvalue weighted by molar-refractivity contribution is 0.0903. The third-order valence-corrected chi connectivity index (χ3v) is 4.41. The van der Waals surface area contributed by atoms with Gasteiger partial charge < -0.3 is 15.1 Å². The van der Waals surface area contributed by atoms with Crippen LogP contribution in [0.3, 0.4) is 0 Å². The molecule has 2 N–H and O–H groups in total. The van der Waals surface area contributed by atoms with Crippen molar-refractivity contribution in [3.63, 3.8) is 0 Å². The summed E-state index contributed by atoms with van der Waals surface area (Å²) >= 11 is 0. The molecule has 4 heterocycles. The molecule has 2 aliphatic heterocycles. The van der Waals surface area contributed by atoms with E-state index in [0.717, 1.165) is 18.4 Å². The fourth-order valence-electron chi connectivity index (χ4n) is 3.35. The van der Waals surface area contributed by atoms with Crippen molar-refractivity contribution in [1.82, 2.24) is 15.6 Å². The van der Waals surface area contributed by atoms with E-state index in [2.05, 4.69) is 15.6 Å². The Morgan fingerprint density at radius 2 is 2.10 bits per heavy atom. The van der Waals surface area contributed by atoms with Crippen molar-refractivity contribution in [1.29, 1.82) is 0 Å². The predicted octanol–water partition coefficient (Wildman–Crippen LogP) is 1.96. The fraction of sp³-hybridized carbons (Fsp3) is 0.375. The molecule has 5 heteroatoms. The zero-order valence-electron chi connectivity index (χ0n) is 11.6. The Bertz CT molecular complexity index is 653. The molecule has 3 atom stereocenters. The van der Waals surface area contributed by atoms with Crippen LogP contribution < -0.4 is 10.6 Å². The van der Waals surface area contributed by atoms with E-state index in [-0.39, 0.29) is 11.9 Å². The van der Waals surface area contributed by atoms with Crippen LogP contribution in [0.5, 0.6) is 0 Å². The van der Waals surface area contributed by atoms with Gasteiger partial charge in [-0.1, -0.05) is 0 Å². The van der Waals surface area contributed by atoms with Gasteiger partial charge in [-0.2, -0.15) is 0 Å². The normalized spacial score (nSPS) is 27.0. The lowest BCUT2D eigenvalue weighted by Crippen LogP contribution is -2.42. The van der Waals surface area contributed by atoms with Crippen molar-refractivity contribution in [2.24, 2.45) is 0 Å². The summed E-state index contributed by atoms with van der Waals surface area (Å²) in [7, 11) is 0. The number of aromatic nitrogens is 1. The van der Waals surface area contributed by atoms with Crippen molar-refractivity contribution in [3.8, 4) is 11.3 Å². The van der Waals surface area contributed by atoms with E-state index in [9.17, 15) is 4.79 Å². The Hall–Kier alpha value is -2.14. The number of rotatable bonds is 3. The molecule has 0 spiro atoms. The largest absolute Gasteiger partial charge is 0.451 e. The first kappa shape index (κ1) is 12.6. The summed E-state index contributed by atoms with van der Waals surface area (Å²) in [6.45, 7) is 0. The first-order valence-corrected chi connectivity index (χ1v) is 7.37. The molecule has 4 rings (SSSR count). The van der Waals surface area contributed by atoms with Crippen LogP contribution >= 0.6 is 0 Å². The number of amides is 1. The van der Waals surface area contributed by atoms with Crippen molar-refractivity contribution >= 4 is 5.91 Å². The molecule has 2 aromatic rings. The predicted molar refractivity (Wildman–Crippen MR) is 77.8 cm³/mol. The topological polar surface area (TPSA) is 67.2 Å². The molecule has 0 saturated carbocycles. The summed E-state index contributed by atoms with van der Waals surface area (Å²) in [6.07, 6.45) is 6.81. The molecule has 2 aliphatic rings. The molecule has 2 bridgehead atoms. The minimum atomic E-state index is -0.130. The zero-order chi connectivity index (χ0) is 14.2. The van der Waals surface area contributed by atoms with Gasteiger partial charge in [0.05, 0.1) is 0 Å². The second kappa shape index (κ2) is 5.00. The summed E-state index contributed by atoms with van der Waals surface area (Å²) in [5, 5.41) is 6.60. The van der Waals surface area contributed by atoms with Crippen LogP contribution in [-0.4, -0.2) is 29.0 Å². The Kier molecular flexibility index (Phi) is 3.00. The molecule has 5 nitrogen and oxygen atoms in total. The highest BCUT2D eigenvalue weighted by molar-refractivity contribution is 5.92. The minimum absolute atomic E-state index is 0.130. The number of hydrogen-bond donors (Lipinski definition) is 2. The standard InChI is InChI=1S/C16H17N3O2/c20-16(19-13-9-11-1-2-12(13)18-11)15-4-3-14(21-15)10-5-7-17-8-6-10/h3-8,11-13,18H,1-2,9H2,(H,19,20). The highest BCUT2D eigenvalue weighted by atomic mass is 16.3. The van der Waals surface area contributed by atoms with Gasteiger partial charge in [-0.3, -0.25) is 9.78 Å². The average molecular weight is 283 g/mol. The highest BCUT2D eigenvalue weighted by Gasteiger charge is 2.39. The SMILES string of the molecule is O=C(NC1CC2CCC1N2)c1ccc(-c2ccncc2)o1. The number of furan rings is 1. The van der Waals surface area contributed by atoms with Gasteiger partial charge in [0.15, 0.2) is 5.76 Å². The van der Waals surface area contributed by atoms with Crippen LogP contribution in [0.1, 0.15) is 29.8 Å². The van der Waals surface area contributed by atoms with E-state index < -0.39 is 0 Å². The van der Waals surface area contributed by atoms with E-state index >= 15 is 0 Å². The van der Waals surface area contributed by atoms with Crippen molar-refractivity contribution < 1.29 is 9.21 Å². The maximum atomic E-state index is 12.3. The average Bonchev–Trinajstić information content (AvgIpc) is 3.24. The van der Waals surface area contributed by atoms with Crippen molar-refractivity contribution in [2.75, 3.05) is 0 Å².